The molecule has 0 saturated carbocycles. The largest absolute Gasteiger partial charge is 0.454 e. The van der Waals surface area contributed by atoms with Crippen LogP contribution < -0.4 is 4.74 Å². The first-order valence-electron chi connectivity index (χ1n) is 6.06. The number of hydrogen-bond donors (Lipinski definition) is 0. The molecule has 0 aliphatic heterocycles. The Hall–Kier alpha value is -1.20. The topological polar surface area (TPSA) is 35.0 Å². The SMILES string of the molecule is CC(C)c1ncc(Oc2ccc(F)c(Br)c2)c(CCl)n1. The van der Waals surface area contributed by atoms with Crippen LogP contribution >= 0.6 is 27.5 Å². The van der Waals surface area contributed by atoms with Crippen LogP contribution in [0.15, 0.2) is 28.9 Å². The number of hydrogen-bond acceptors (Lipinski definition) is 3. The molecule has 0 spiro atoms. The lowest BCUT2D eigenvalue weighted by atomic mass is 10.2. The maximum atomic E-state index is 13.2. The van der Waals surface area contributed by atoms with E-state index in [1.54, 1.807) is 12.3 Å². The zero-order chi connectivity index (χ0) is 14.7. The molecule has 20 heavy (non-hydrogen) atoms. The monoisotopic (exact) mass is 358 g/mol. The molecule has 1 aromatic carbocycles. The molecule has 0 unspecified atom stereocenters. The molecular weight excluding hydrogens is 347 g/mol. The van der Waals surface area contributed by atoms with Gasteiger partial charge in [-0.1, -0.05) is 13.8 Å². The van der Waals surface area contributed by atoms with Crippen LogP contribution in [0.4, 0.5) is 4.39 Å². The number of alkyl halides is 1. The molecule has 0 fully saturated rings. The van der Waals surface area contributed by atoms with Crippen molar-refractivity contribution in [1.82, 2.24) is 9.97 Å². The highest BCUT2D eigenvalue weighted by Gasteiger charge is 2.11. The van der Waals surface area contributed by atoms with Crippen molar-refractivity contribution in [2.75, 3.05) is 0 Å². The summed E-state index contributed by atoms with van der Waals surface area (Å²) in [6, 6.07) is 4.40. The summed E-state index contributed by atoms with van der Waals surface area (Å²) in [6.07, 6.45) is 1.59. The van der Waals surface area contributed by atoms with Crippen molar-refractivity contribution >= 4 is 27.5 Å². The molecule has 0 bridgehead atoms. The summed E-state index contributed by atoms with van der Waals surface area (Å²) in [7, 11) is 0. The fraction of sp³-hybridized carbons (Fsp3) is 0.286. The predicted molar refractivity (Wildman–Crippen MR) is 79.9 cm³/mol. The number of aromatic nitrogens is 2. The molecule has 0 N–H and O–H groups in total. The molecule has 0 aliphatic rings. The van der Waals surface area contributed by atoms with Crippen molar-refractivity contribution in [3.63, 3.8) is 0 Å². The first kappa shape index (κ1) is 15.2. The lowest BCUT2D eigenvalue weighted by Gasteiger charge is -2.11. The molecule has 0 amide bonds. The smallest absolute Gasteiger partial charge is 0.168 e. The summed E-state index contributed by atoms with van der Waals surface area (Å²) in [5.74, 6) is 1.77. The molecule has 1 heterocycles. The summed E-state index contributed by atoms with van der Waals surface area (Å²) >= 11 is 9.01. The van der Waals surface area contributed by atoms with Gasteiger partial charge >= 0.3 is 0 Å². The van der Waals surface area contributed by atoms with Crippen LogP contribution in [-0.2, 0) is 5.88 Å². The minimum atomic E-state index is -0.346. The standard InChI is InChI=1S/C14H13BrClFN2O/c1-8(2)14-18-7-13(12(6-16)19-14)20-9-3-4-11(17)10(15)5-9/h3-5,7-8H,6H2,1-2H3. The van der Waals surface area contributed by atoms with E-state index in [9.17, 15) is 4.39 Å². The molecule has 2 aromatic rings. The summed E-state index contributed by atoms with van der Waals surface area (Å²) in [6.45, 7) is 4.01. The number of ether oxygens (including phenoxy) is 1. The van der Waals surface area contributed by atoms with Gasteiger partial charge in [0.1, 0.15) is 23.1 Å². The minimum absolute atomic E-state index is 0.214. The third-order valence-corrected chi connectivity index (χ3v) is 3.47. The van der Waals surface area contributed by atoms with Gasteiger partial charge in [0.2, 0.25) is 0 Å². The van der Waals surface area contributed by atoms with Gasteiger partial charge in [-0.15, -0.1) is 11.6 Å². The Balaban J connectivity index is 2.30. The Labute approximate surface area is 130 Å². The van der Waals surface area contributed by atoms with Gasteiger partial charge in [-0.05, 0) is 34.1 Å². The highest BCUT2D eigenvalue weighted by atomic mass is 79.9. The van der Waals surface area contributed by atoms with E-state index >= 15 is 0 Å². The Morgan fingerprint density at radius 2 is 2.15 bits per heavy atom. The van der Waals surface area contributed by atoms with Crippen molar-refractivity contribution in [1.29, 1.82) is 0 Å². The predicted octanol–water partition coefficient (Wildman–Crippen LogP) is 5.03. The summed E-state index contributed by atoms with van der Waals surface area (Å²) in [5.41, 5.74) is 0.616. The molecule has 0 aliphatic carbocycles. The normalized spacial score (nSPS) is 10.9. The number of benzene rings is 1. The van der Waals surface area contributed by atoms with E-state index in [1.807, 2.05) is 13.8 Å². The minimum Gasteiger partial charge on any atom is -0.454 e. The molecule has 6 heteroatoms. The fourth-order valence-electron chi connectivity index (χ4n) is 1.55. The summed E-state index contributed by atoms with van der Waals surface area (Å²) < 4.78 is 19.2. The Kier molecular flexibility index (Phi) is 4.94. The van der Waals surface area contributed by atoms with Crippen molar-refractivity contribution < 1.29 is 9.13 Å². The van der Waals surface area contributed by atoms with Crippen LogP contribution in [0.3, 0.4) is 0 Å². The van der Waals surface area contributed by atoms with E-state index < -0.39 is 0 Å². The maximum absolute atomic E-state index is 13.2. The number of rotatable bonds is 4. The van der Waals surface area contributed by atoms with Gasteiger partial charge in [0.25, 0.3) is 0 Å². The highest BCUT2D eigenvalue weighted by Crippen LogP contribution is 2.28. The lowest BCUT2D eigenvalue weighted by molar-refractivity contribution is 0.467. The van der Waals surface area contributed by atoms with E-state index in [0.717, 1.165) is 0 Å². The van der Waals surface area contributed by atoms with E-state index in [2.05, 4.69) is 25.9 Å². The second kappa shape index (κ2) is 6.50. The first-order valence-corrected chi connectivity index (χ1v) is 7.38. The summed E-state index contributed by atoms with van der Waals surface area (Å²) in [5, 5.41) is 0. The summed E-state index contributed by atoms with van der Waals surface area (Å²) in [4.78, 5) is 8.62. The van der Waals surface area contributed by atoms with Gasteiger partial charge in [0.05, 0.1) is 16.5 Å². The van der Waals surface area contributed by atoms with Crippen LogP contribution in [-0.4, -0.2) is 9.97 Å². The van der Waals surface area contributed by atoms with E-state index in [-0.39, 0.29) is 17.6 Å². The highest BCUT2D eigenvalue weighted by molar-refractivity contribution is 9.10. The van der Waals surface area contributed by atoms with E-state index in [0.29, 0.717) is 27.5 Å². The molecule has 3 nitrogen and oxygen atoms in total. The Morgan fingerprint density at radius 1 is 1.40 bits per heavy atom. The van der Waals surface area contributed by atoms with Crippen molar-refractivity contribution in [3.8, 4) is 11.5 Å². The molecule has 1 aromatic heterocycles. The van der Waals surface area contributed by atoms with Gasteiger partial charge in [0.15, 0.2) is 5.75 Å². The van der Waals surface area contributed by atoms with Gasteiger partial charge in [-0.25, -0.2) is 14.4 Å². The molecule has 0 radical (unpaired) electrons. The van der Waals surface area contributed by atoms with Gasteiger partial charge < -0.3 is 4.74 Å². The Morgan fingerprint density at radius 3 is 2.75 bits per heavy atom. The fourth-order valence-corrected chi connectivity index (χ4v) is 2.10. The van der Waals surface area contributed by atoms with Crippen LogP contribution in [0.1, 0.15) is 31.3 Å². The molecule has 106 valence electrons. The second-order valence-corrected chi connectivity index (χ2v) is 5.63. The van der Waals surface area contributed by atoms with Crippen LogP contribution in [0.5, 0.6) is 11.5 Å². The zero-order valence-electron chi connectivity index (χ0n) is 11.0. The lowest BCUT2D eigenvalue weighted by Crippen LogP contribution is -2.02. The van der Waals surface area contributed by atoms with E-state index in [1.165, 1.54) is 12.1 Å². The van der Waals surface area contributed by atoms with Gasteiger partial charge in [-0.3, -0.25) is 0 Å². The molecular formula is C14H13BrClFN2O. The first-order chi connectivity index (χ1) is 9.51. The third kappa shape index (κ3) is 3.46. The van der Waals surface area contributed by atoms with Crippen molar-refractivity contribution in [2.24, 2.45) is 0 Å². The van der Waals surface area contributed by atoms with Crippen molar-refractivity contribution in [2.45, 2.75) is 25.6 Å². The van der Waals surface area contributed by atoms with E-state index in [4.69, 9.17) is 16.3 Å². The average Bonchev–Trinajstić information content (AvgIpc) is 2.43. The van der Waals surface area contributed by atoms with Crippen molar-refractivity contribution in [3.05, 3.63) is 46.2 Å². The quantitative estimate of drug-likeness (QED) is 0.718. The second-order valence-electron chi connectivity index (χ2n) is 4.51. The zero-order valence-corrected chi connectivity index (χ0v) is 13.4. The Bertz CT molecular complexity index is 622. The maximum Gasteiger partial charge on any atom is 0.168 e. The van der Waals surface area contributed by atoms with Crippen LogP contribution in [0.2, 0.25) is 0 Å². The average molecular weight is 360 g/mol. The van der Waals surface area contributed by atoms with Gasteiger partial charge in [0, 0.05) is 5.92 Å². The van der Waals surface area contributed by atoms with Gasteiger partial charge in [-0.2, -0.15) is 0 Å². The molecule has 0 saturated heterocycles. The van der Waals surface area contributed by atoms with Crippen LogP contribution in [0, 0.1) is 5.82 Å². The number of halogens is 3. The molecule has 0 atom stereocenters. The molecule has 2 rings (SSSR count). The third-order valence-electron chi connectivity index (χ3n) is 2.61. The number of nitrogens with zero attached hydrogens (tertiary/aromatic N) is 2. The van der Waals surface area contributed by atoms with Crippen LogP contribution in [0.25, 0.3) is 0 Å².